The second kappa shape index (κ2) is 5.72. The molecular weight excluding hydrogens is 132 g/mol. The summed E-state index contributed by atoms with van der Waals surface area (Å²) in [6.07, 6.45) is 10.2. The molecule has 0 nitrogen and oxygen atoms in total. The zero-order valence-corrected chi connectivity index (χ0v) is 7.59. The smallest absolute Gasteiger partial charge is 0.0237 e. The average Bonchev–Trinajstić information content (AvgIpc) is 1.97. The maximum Gasteiger partial charge on any atom is -0.0237 e. The summed E-state index contributed by atoms with van der Waals surface area (Å²) >= 11 is 0. The summed E-state index contributed by atoms with van der Waals surface area (Å²) in [6.45, 7) is 9.89. The minimum absolute atomic E-state index is 1.10. The lowest BCUT2D eigenvalue weighted by Gasteiger charge is -1.96. The molecule has 0 aromatic rings. The van der Waals surface area contributed by atoms with Crippen LogP contribution in [0.4, 0.5) is 0 Å². The van der Waals surface area contributed by atoms with Crippen LogP contribution in [0, 0.1) is 0 Å². The highest BCUT2D eigenvalue weighted by Gasteiger charge is 1.87. The Hall–Kier alpha value is -1.04. The van der Waals surface area contributed by atoms with Gasteiger partial charge in [-0.15, -0.1) is 0 Å². The fourth-order valence-corrected chi connectivity index (χ4v) is 0.720. The molecule has 0 unspecified atom stereocenters. The third kappa shape index (κ3) is 4.38. The lowest BCUT2D eigenvalue weighted by atomic mass is 10.1. The van der Waals surface area contributed by atoms with Crippen LogP contribution in [0.5, 0.6) is 0 Å². The van der Waals surface area contributed by atoms with E-state index in [4.69, 9.17) is 0 Å². The molecule has 0 aliphatic heterocycles. The average molecular weight is 148 g/mol. The Balaban J connectivity index is 4.45. The van der Waals surface area contributed by atoms with Crippen molar-refractivity contribution in [2.75, 3.05) is 0 Å². The number of rotatable bonds is 3. The summed E-state index contributed by atoms with van der Waals surface area (Å²) in [5, 5.41) is 0. The van der Waals surface area contributed by atoms with Gasteiger partial charge >= 0.3 is 0 Å². The van der Waals surface area contributed by atoms with Gasteiger partial charge in [0.05, 0.1) is 0 Å². The first-order valence-corrected chi connectivity index (χ1v) is 3.84. The fourth-order valence-electron chi connectivity index (χ4n) is 0.720. The summed E-state index contributed by atoms with van der Waals surface area (Å²) in [6, 6.07) is 0. The molecule has 0 atom stereocenters. The van der Waals surface area contributed by atoms with Crippen molar-refractivity contribution in [3.8, 4) is 0 Å². The Kier molecular flexibility index (Phi) is 5.18. The van der Waals surface area contributed by atoms with Crippen molar-refractivity contribution in [2.45, 2.75) is 20.8 Å². The van der Waals surface area contributed by atoms with E-state index < -0.39 is 0 Å². The van der Waals surface area contributed by atoms with E-state index in [9.17, 15) is 0 Å². The molecule has 0 fully saturated rings. The van der Waals surface area contributed by atoms with Crippen LogP contribution in [0.25, 0.3) is 0 Å². The molecule has 0 spiro atoms. The van der Waals surface area contributed by atoms with Gasteiger partial charge < -0.3 is 0 Å². The van der Waals surface area contributed by atoms with Crippen LogP contribution in [0.3, 0.4) is 0 Å². The highest BCUT2D eigenvalue weighted by Crippen LogP contribution is 2.08. The van der Waals surface area contributed by atoms with Crippen molar-refractivity contribution in [1.82, 2.24) is 0 Å². The molecule has 0 bridgehead atoms. The zero-order chi connectivity index (χ0) is 8.69. The van der Waals surface area contributed by atoms with Crippen LogP contribution in [0.15, 0.2) is 48.1 Å². The molecule has 0 saturated heterocycles. The summed E-state index contributed by atoms with van der Waals surface area (Å²) in [4.78, 5) is 0. The summed E-state index contributed by atoms with van der Waals surface area (Å²) < 4.78 is 0. The van der Waals surface area contributed by atoms with Crippen molar-refractivity contribution in [3.63, 3.8) is 0 Å². The molecule has 0 heterocycles. The van der Waals surface area contributed by atoms with Gasteiger partial charge in [0.15, 0.2) is 0 Å². The third-order valence-corrected chi connectivity index (χ3v) is 1.31. The number of allylic oxidation sites excluding steroid dienone is 7. The van der Waals surface area contributed by atoms with Crippen LogP contribution < -0.4 is 0 Å². The Morgan fingerprint density at radius 2 is 1.82 bits per heavy atom. The molecule has 0 aromatic heterocycles. The first-order chi connectivity index (χ1) is 5.22. The fraction of sp³-hybridized carbons (Fsp3) is 0.273. The molecule has 0 aliphatic rings. The molecule has 0 aromatic carbocycles. The van der Waals surface area contributed by atoms with Gasteiger partial charge in [0.25, 0.3) is 0 Å². The maximum atomic E-state index is 3.87. The van der Waals surface area contributed by atoms with Crippen LogP contribution in [-0.4, -0.2) is 0 Å². The second-order valence-electron chi connectivity index (χ2n) is 2.43. The van der Waals surface area contributed by atoms with Crippen molar-refractivity contribution >= 4 is 0 Å². The van der Waals surface area contributed by atoms with E-state index in [0.717, 1.165) is 5.57 Å². The summed E-state index contributed by atoms with van der Waals surface area (Å²) in [5.74, 6) is 0. The minimum Gasteiger partial charge on any atom is -0.0955 e. The maximum absolute atomic E-state index is 3.87. The van der Waals surface area contributed by atoms with Crippen LogP contribution in [0.1, 0.15) is 20.8 Å². The monoisotopic (exact) mass is 148 g/mol. The quantitative estimate of drug-likeness (QED) is 0.536. The number of hydrogen-bond donors (Lipinski definition) is 0. The molecule has 11 heavy (non-hydrogen) atoms. The van der Waals surface area contributed by atoms with Crippen molar-refractivity contribution in [1.29, 1.82) is 0 Å². The standard InChI is InChI=1S/C11H16/c1-5-7-9-11(8-6-2)10(3)4/h5-9H,3H2,1-2,4H3/b7-5?,8-6-,11-9-. The topological polar surface area (TPSA) is 0 Å². The van der Waals surface area contributed by atoms with E-state index >= 15 is 0 Å². The second-order valence-corrected chi connectivity index (χ2v) is 2.43. The van der Waals surface area contributed by atoms with Gasteiger partial charge in [-0.05, 0) is 26.3 Å². The van der Waals surface area contributed by atoms with Crippen molar-refractivity contribution in [3.05, 3.63) is 48.1 Å². The molecule has 0 aliphatic carbocycles. The van der Waals surface area contributed by atoms with E-state index in [-0.39, 0.29) is 0 Å². The first-order valence-electron chi connectivity index (χ1n) is 3.84. The lowest BCUT2D eigenvalue weighted by Crippen LogP contribution is -1.76. The molecule has 60 valence electrons. The molecule has 0 heteroatoms. The van der Waals surface area contributed by atoms with Crippen LogP contribution in [0.2, 0.25) is 0 Å². The van der Waals surface area contributed by atoms with Gasteiger partial charge in [-0.1, -0.05) is 42.5 Å². The Morgan fingerprint density at radius 3 is 2.18 bits per heavy atom. The van der Waals surface area contributed by atoms with Gasteiger partial charge in [0, 0.05) is 0 Å². The van der Waals surface area contributed by atoms with E-state index in [0.29, 0.717) is 0 Å². The largest absolute Gasteiger partial charge is 0.0955 e. The van der Waals surface area contributed by atoms with Crippen molar-refractivity contribution in [2.24, 2.45) is 0 Å². The van der Waals surface area contributed by atoms with Crippen molar-refractivity contribution < 1.29 is 0 Å². The Labute approximate surface area is 69.6 Å². The highest BCUT2D eigenvalue weighted by molar-refractivity contribution is 5.38. The van der Waals surface area contributed by atoms with Crippen LogP contribution >= 0.6 is 0 Å². The van der Waals surface area contributed by atoms with E-state index in [2.05, 4.69) is 18.7 Å². The molecule has 0 rings (SSSR count). The lowest BCUT2D eigenvalue weighted by molar-refractivity contribution is 1.44. The minimum atomic E-state index is 1.10. The van der Waals surface area contributed by atoms with E-state index in [1.54, 1.807) is 0 Å². The normalized spacial score (nSPS) is 13.2. The van der Waals surface area contributed by atoms with Gasteiger partial charge in [0.1, 0.15) is 0 Å². The van der Waals surface area contributed by atoms with Crippen LogP contribution in [-0.2, 0) is 0 Å². The highest BCUT2D eigenvalue weighted by atomic mass is 13.9. The number of hydrogen-bond acceptors (Lipinski definition) is 0. The van der Waals surface area contributed by atoms with Gasteiger partial charge in [-0.2, -0.15) is 0 Å². The van der Waals surface area contributed by atoms with E-state index in [1.165, 1.54) is 5.57 Å². The summed E-state index contributed by atoms with van der Waals surface area (Å²) in [7, 11) is 0. The summed E-state index contributed by atoms with van der Waals surface area (Å²) in [5.41, 5.74) is 2.28. The third-order valence-electron chi connectivity index (χ3n) is 1.31. The SMILES string of the molecule is C=C(C)C(/C=C\C)=C\C=CC. The zero-order valence-electron chi connectivity index (χ0n) is 7.59. The molecule has 0 N–H and O–H groups in total. The Bertz CT molecular complexity index is 202. The Morgan fingerprint density at radius 1 is 1.18 bits per heavy atom. The molecule has 0 amide bonds. The van der Waals surface area contributed by atoms with Gasteiger partial charge in [-0.25, -0.2) is 0 Å². The van der Waals surface area contributed by atoms with Gasteiger partial charge in [0.2, 0.25) is 0 Å². The van der Waals surface area contributed by atoms with E-state index in [1.807, 2.05) is 39.0 Å². The molecule has 0 radical (unpaired) electrons. The van der Waals surface area contributed by atoms with Gasteiger partial charge in [-0.3, -0.25) is 0 Å². The first kappa shape index (κ1) is 9.96. The molecule has 0 saturated carbocycles. The predicted octanol–water partition coefficient (Wildman–Crippen LogP) is 3.64. The molecular formula is C11H16. The predicted molar refractivity (Wildman–Crippen MR) is 52.5 cm³/mol.